The Morgan fingerprint density at radius 3 is 1.19 bits per heavy atom. The van der Waals surface area contributed by atoms with E-state index in [-0.39, 0.29) is 0 Å². The summed E-state index contributed by atoms with van der Waals surface area (Å²) < 4.78 is 10.8. The fraction of sp³-hybridized carbons (Fsp3) is 0.0545. The Bertz CT molecular complexity index is 3230. The van der Waals surface area contributed by atoms with Crippen LogP contribution in [0.5, 0.6) is 11.5 Å². The van der Waals surface area contributed by atoms with Gasteiger partial charge in [0.2, 0.25) is 0 Å². The zero-order valence-electron chi connectivity index (χ0n) is 34.9. The van der Waals surface area contributed by atoms with Crippen molar-refractivity contribution in [2.75, 3.05) is 14.2 Å². The Labute approximate surface area is 365 Å². The van der Waals surface area contributed by atoms with Crippen LogP contribution in [0.2, 0.25) is 0 Å². The Kier molecular flexibility index (Phi) is 10.4. The lowest BCUT2D eigenvalue weighted by atomic mass is 9.93. The van der Waals surface area contributed by atoms with Crippen molar-refractivity contribution in [1.29, 1.82) is 0 Å². The third-order valence-electron chi connectivity index (χ3n) is 11.2. The highest BCUT2D eigenvalue weighted by Crippen LogP contribution is 2.36. The van der Waals surface area contributed by atoms with Gasteiger partial charge in [0.1, 0.15) is 11.5 Å². The van der Waals surface area contributed by atoms with Gasteiger partial charge in [-0.15, -0.1) is 0 Å². The van der Waals surface area contributed by atoms with Gasteiger partial charge in [-0.25, -0.2) is 29.9 Å². The van der Waals surface area contributed by atoms with Crippen molar-refractivity contribution >= 4 is 10.8 Å². The lowest BCUT2D eigenvalue weighted by Crippen LogP contribution is -2.01. The van der Waals surface area contributed by atoms with Gasteiger partial charge < -0.3 is 9.47 Å². The SMILES string of the molecule is COc1ccc(-c2nc(-c3ccccc3)nc(-c3ccc(-c4ccc5c(-c6ccc(-c7nc(-c8ccccc8)nc(-c8ccc(OC)cc8)n7)c(C)c6)cccc5c4)cc3)n2)cc1. The van der Waals surface area contributed by atoms with Crippen molar-refractivity contribution in [2.45, 2.75) is 6.92 Å². The highest BCUT2D eigenvalue weighted by atomic mass is 16.5. The molecule has 0 aliphatic carbocycles. The minimum Gasteiger partial charge on any atom is -0.497 e. The van der Waals surface area contributed by atoms with E-state index in [1.54, 1.807) is 14.2 Å². The topological polar surface area (TPSA) is 95.8 Å². The molecule has 302 valence electrons. The fourth-order valence-corrected chi connectivity index (χ4v) is 7.78. The minimum absolute atomic E-state index is 0.600. The third-order valence-corrected chi connectivity index (χ3v) is 11.2. The van der Waals surface area contributed by atoms with Gasteiger partial charge in [0.15, 0.2) is 34.9 Å². The fourth-order valence-electron chi connectivity index (χ4n) is 7.78. The molecule has 0 amide bonds. The number of benzene rings is 8. The van der Waals surface area contributed by atoms with E-state index in [0.29, 0.717) is 34.9 Å². The van der Waals surface area contributed by atoms with Gasteiger partial charge >= 0.3 is 0 Å². The van der Waals surface area contributed by atoms with E-state index in [4.69, 9.17) is 39.4 Å². The van der Waals surface area contributed by atoms with E-state index in [0.717, 1.165) is 78.1 Å². The molecule has 0 aliphatic rings. The second-order valence-electron chi connectivity index (χ2n) is 15.2. The molecule has 0 N–H and O–H groups in total. The lowest BCUT2D eigenvalue weighted by Gasteiger charge is -2.13. The Hall–Kier alpha value is -8.36. The van der Waals surface area contributed by atoms with Crippen LogP contribution < -0.4 is 9.47 Å². The Balaban J connectivity index is 0.955. The quantitative estimate of drug-likeness (QED) is 0.135. The van der Waals surface area contributed by atoms with Crippen LogP contribution in [0.1, 0.15) is 5.56 Å². The Morgan fingerprint density at radius 2 is 0.714 bits per heavy atom. The van der Waals surface area contributed by atoms with Gasteiger partial charge in [0.05, 0.1) is 14.2 Å². The largest absolute Gasteiger partial charge is 0.497 e. The van der Waals surface area contributed by atoms with E-state index < -0.39 is 0 Å². The number of hydrogen-bond acceptors (Lipinski definition) is 8. The minimum atomic E-state index is 0.600. The van der Waals surface area contributed by atoms with Crippen molar-refractivity contribution in [3.63, 3.8) is 0 Å². The molecule has 0 aliphatic heterocycles. The molecule has 0 spiro atoms. The maximum absolute atomic E-state index is 5.40. The predicted octanol–water partition coefficient (Wildman–Crippen LogP) is 12.9. The van der Waals surface area contributed by atoms with Gasteiger partial charge in [-0.1, -0.05) is 133 Å². The molecular formula is C55H40N6O2. The number of rotatable bonds is 10. The molecule has 0 radical (unpaired) electrons. The highest BCUT2D eigenvalue weighted by molar-refractivity contribution is 5.99. The summed E-state index contributed by atoms with van der Waals surface area (Å²) in [6.45, 7) is 2.12. The molecule has 0 unspecified atom stereocenters. The molecule has 8 heteroatoms. The molecular weight excluding hydrogens is 777 g/mol. The maximum atomic E-state index is 5.40. The van der Waals surface area contributed by atoms with Crippen LogP contribution in [0.4, 0.5) is 0 Å². The molecule has 0 saturated carbocycles. The number of methoxy groups -OCH3 is 2. The first kappa shape index (κ1) is 38.8. The molecule has 0 fully saturated rings. The van der Waals surface area contributed by atoms with E-state index in [1.165, 1.54) is 5.39 Å². The summed E-state index contributed by atoms with van der Waals surface area (Å²) in [5.41, 5.74) is 11.0. The maximum Gasteiger partial charge on any atom is 0.164 e. The van der Waals surface area contributed by atoms with E-state index in [9.17, 15) is 0 Å². The molecule has 10 aromatic rings. The second-order valence-corrected chi connectivity index (χ2v) is 15.2. The van der Waals surface area contributed by atoms with Crippen LogP contribution in [0.25, 0.3) is 101 Å². The average Bonchev–Trinajstić information content (AvgIpc) is 3.36. The van der Waals surface area contributed by atoms with Crippen LogP contribution >= 0.6 is 0 Å². The van der Waals surface area contributed by atoms with E-state index in [1.807, 2.05) is 109 Å². The molecule has 0 atom stereocenters. The molecule has 8 aromatic carbocycles. The molecule has 2 heterocycles. The van der Waals surface area contributed by atoms with Gasteiger partial charge in [0, 0.05) is 33.4 Å². The zero-order valence-corrected chi connectivity index (χ0v) is 34.9. The number of aromatic nitrogens is 6. The molecule has 0 bridgehead atoms. The highest BCUT2D eigenvalue weighted by Gasteiger charge is 2.17. The second kappa shape index (κ2) is 17.0. The molecule has 10 rings (SSSR count). The van der Waals surface area contributed by atoms with Crippen LogP contribution in [-0.2, 0) is 0 Å². The first-order chi connectivity index (χ1) is 31.0. The summed E-state index contributed by atoms with van der Waals surface area (Å²) in [5, 5.41) is 2.32. The zero-order chi connectivity index (χ0) is 42.7. The van der Waals surface area contributed by atoms with Crippen molar-refractivity contribution in [3.8, 4) is 102 Å². The third kappa shape index (κ3) is 8.01. The number of nitrogens with zero attached hydrogens (tertiary/aromatic N) is 6. The number of ether oxygens (including phenoxy) is 2. The van der Waals surface area contributed by atoms with Gasteiger partial charge in [-0.2, -0.15) is 0 Å². The van der Waals surface area contributed by atoms with Crippen LogP contribution in [0.3, 0.4) is 0 Å². The van der Waals surface area contributed by atoms with E-state index in [2.05, 4.69) is 85.8 Å². The summed E-state index contributed by atoms with van der Waals surface area (Å²) in [7, 11) is 3.32. The molecule has 2 aromatic heterocycles. The van der Waals surface area contributed by atoms with E-state index >= 15 is 0 Å². The summed E-state index contributed by atoms with van der Waals surface area (Å²) in [5.74, 6) is 5.22. The van der Waals surface area contributed by atoms with Crippen molar-refractivity contribution < 1.29 is 9.47 Å². The van der Waals surface area contributed by atoms with Gasteiger partial charge in [-0.05, 0) is 100 Å². The van der Waals surface area contributed by atoms with Crippen molar-refractivity contribution in [2.24, 2.45) is 0 Å². The first-order valence-electron chi connectivity index (χ1n) is 20.7. The summed E-state index contributed by atoms with van der Waals surface area (Å²) in [6, 6.07) is 63.6. The van der Waals surface area contributed by atoms with Gasteiger partial charge in [-0.3, -0.25) is 0 Å². The normalized spacial score (nSPS) is 11.1. The smallest absolute Gasteiger partial charge is 0.164 e. The molecule has 0 saturated heterocycles. The predicted molar refractivity (Wildman–Crippen MR) is 252 cm³/mol. The number of fused-ring (bicyclic) bond motifs is 1. The Morgan fingerprint density at radius 1 is 0.302 bits per heavy atom. The van der Waals surface area contributed by atoms with Crippen LogP contribution in [0.15, 0.2) is 188 Å². The van der Waals surface area contributed by atoms with Crippen molar-refractivity contribution in [3.05, 3.63) is 194 Å². The summed E-state index contributed by atoms with van der Waals surface area (Å²) in [6.07, 6.45) is 0. The molecule has 8 nitrogen and oxygen atoms in total. The van der Waals surface area contributed by atoms with Crippen molar-refractivity contribution in [1.82, 2.24) is 29.9 Å². The first-order valence-corrected chi connectivity index (χ1v) is 20.7. The number of aryl methyl sites for hydroxylation is 1. The summed E-state index contributed by atoms with van der Waals surface area (Å²) in [4.78, 5) is 29.6. The standard InChI is InChI=1S/C55H40N6O2/c1-35-33-44(26-31-47(35)55-60-51(38-13-8-5-9-14-38)58-54(61-55)41-23-29-46(63-3)30-24-41)48-16-10-15-43-34-42(25-32-49(43)48)36-17-19-39(20-18-36)52-56-50(37-11-6-4-7-12-37)57-53(59-52)40-21-27-45(62-2)28-22-40/h4-34H,1-3H3. The average molecular weight is 817 g/mol. The van der Waals surface area contributed by atoms with Crippen LogP contribution in [0, 0.1) is 6.92 Å². The summed E-state index contributed by atoms with van der Waals surface area (Å²) >= 11 is 0. The monoisotopic (exact) mass is 816 g/mol. The van der Waals surface area contributed by atoms with Crippen LogP contribution in [-0.4, -0.2) is 44.1 Å². The van der Waals surface area contributed by atoms with Gasteiger partial charge in [0.25, 0.3) is 0 Å². The number of hydrogen-bond donors (Lipinski definition) is 0. The lowest BCUT2D eigenvalue weighted by molar-refractivity contribution is 0.414. The molecule has 63 heavy (non-hydrogen) atoms.